The van der Waals surface area contributed by atoms with Crippen LogP contribution in [0.4, 0.5) is 0 Å². The average Bonchev–Trinajstić information content (AvgIpc) is 2.55. The summed E-state index contributed by atoms with van der Waals surface area (Å²) in [5, 5.41) is 3.01. The number of hydrogen-bond acceptors (Lipinski definition) is 3. The first-order chi connectivity index (χ1) is 10.9. The average molecular weight is 338 g/mol. The van der Waals surface area contributed by atoms with E-state index >= 15 is 0 Å². The Morgan fingerprint density at radius 3 is 2.70 bits per heavy atom. The lowest BCUT2D eigenvalue weighted by Crippen LogP contribution is -2.46. The Morgan fingerprint density at radius 1 is 1.35 bits per heavy atom. The van der Waals surface area contributed by atoms with Crippen LogP contribution in [0.15, 0.2) is 30.3 Å². The molecule has 1 fully saturated rings. The van der Waals surface area contributed by atoms with E-state index < -0.39 is 10.0 Å². The van der Waals surface area contributed by atoms with Crippen LogP contribution in [0.5, 0.6) is 0 Å². The molecule has 0 bridgehead atoms. The fourth-order valence-corrected chi connectivity index (χ4v) is 4.54. The third-order valence-electron chi connectivity index (χ3n) is 4.27. The Morgan fingerprint density at radius 2 is 2.04 bits per heavy atom. The van der Waals surface area contributed by atoms with Crippen LogP contribution < -0.4 is 5.32 Å². The van der Waals surface area contributed by atoms with Crippen molar-refractivity contribution in [1.82, 2.24) is 9.62 Å². The summed E-state index contributed by atoms with van der Waals surface area (Å²) in [5.74, 6) is -0.166. The molecule has 6 heteroatoms. The number of carbonyl (C=O) groups excluding carboxylic acids is 1. The van der Waals surface area contributed by atoms with Gasteiger partial charge in [0.05, 0.1) is 17.7 Å². The second-order valence-electron chi connectivity index (χ2n) is 6.15. The van der Waals surface area contributed by atoms with Crippen molar-refractivity contribution in [2.75, 3.05) is 18.8 Å². The van der Waals surface area contributed by atoms with E-state index in [0.717, 1.165) is 18.4 Å². The number of piperidine rings is 1. The molecule has 1 aromatic rings. The maximum atomic E-state index is 12.5. The number of nitrogens with zero attached hydrogens (tertiary/aromatic N) is 1. The van der Waals surface area contributed by atoms with E-state index in [9.17, 15) is 13.2 Å². The van der Waals surface area contributed by atoms with E-state index in [1.54, 1.807) is 0 Å². The Hall–Kier alpha value is -1.40. The van der Waals surface area contributed by atoms with Crippen molar-refractivity contribution in [3.63, 3.8) is 0 Å². The predicted molar refractivity (Wildman–Crippen MR) is 91.4 cm³/mol. The number of rotatable bonds is 6. The van der Waals surface area contributed by atoms with Crippen LogP contribution in [0.3, 0.4) is 0 Å². The molecule has 0 aromatic heterocycles. The third kappa shape index (κ3) is 4.78. The van der Waals surface area contributed by atoms with Gasteiger partial charge in [0.15, 0.2) is 0 Å². The van der Waals surface area contributed by atoms with E-state index in [0.29, 0.717) is 19.5 Å². The molecule has 1 aliphatic rings. The van der Waals surface area contributed by atoms with Crippen molar-refractivity contribution in [3.8, 4) is 0 Å². The van der Waals surface area contributed by atoms with E-state index in [-0.39, 0.29) is 23.6 Å². The zero-order chi connectivity index (χ0) is 16.9. The quantitative estimate of drug-likeness (QED) is 0.865. The molecule has 2 unspecified atom stereocenters. The number of nitrogens with one attached hydrogen (secondary N) is 1. The number of sulfonamides is 1. The molecular formula is C17H26N2O3S. The van der Waals surface area contributed by atoms with E-state index in [4.69, 9.17) is 0 Å². The van der Waals surface area contributed by atoms with E-state index in [2.05, 4.69) is 5.32 Å². The monoisotopic (exact) mass is 338 g/mol. The molecule has 0 spiro atoms. The van der Waals surface area contributed by atoms with Gasteiger partial charge in [-0.1, -0.05) is 37.3 Å². The van der Waals surface area contributed by atoms with Crippen molar-refractivity contribution >= 4 is 15.9 Å². The topological polar surface area (TPSA) is 66.5 Å². The molecule has 1 amide bonds. The molecule has 0 aliphatic carbocycles. The summed E-state index contributed by atoms with van der Waals surface area (Å²) < 4.78 is 25.9. The van der Waals surface area contributed by atoms with Crippen molar-refractivity contribution in [2.45, 2.75) is 39.2 Å². The molecule has 1 aliphatic heterocycles. The van der Waals surface area contributed by atoms with Crippen LogP contribution in [0.25, 0.3) is 0 Å². The minimum Gasteiger partial charge on any atom is -0.349 e. The molecule has 2 atom stereocenters. The van der Waals surface area contributed by atoms with Gasteiger partial charge in [-0.3, -0.25) is 4.79 Å². The van der Waals surface area contributed by atoms with Crippen molar-refractivity contribution in [1.29, 1.82) is 0 Å². The van der Waals surface area contributed by atoms with Crippen molar-refractivity contribution in [3.05, 3.63) is 35.9 Å². The van der Waals surface area contributed by atoms with Gasteiger partial charge in [-0.25, -0.2) is 12.7 Å². The SMILES string of the molecule is CCCS(=O)(=O)N1CCCC(C(=O)NC(C)c2ccccc2)C1. The van der Waals surface area contributed by atoms with Gasteiger partial charge in [0.25, 0.3) is 0 Å². The van der Waals surface area contributed by atoms with Gasteiger partial charge in [0.2, 0.25) is 15.9 Å². The van der Waals surface area contributed by atoms with Crippen molar-refractivity contribution in [2.24, 2.45) is 5.92 Å². The van der Waals surface area contributed by atoms with Gasteiger partial charge in [0.1, 0.15) is 0 Å². The number of hydrogen-bond donors (Lipinski definition) is 1. The number of benzene rings is 1. The molecule has 128 valence electrons. The van der Waals surface area contributed by atoms with Crippen LogP contribution in [0.1, 0.15) is 44.7 Å². The molecular weight excluding hydrogens is 312 g/mol. The van der Waals surface area contributed by atoms with E-state index in [1.807, 2.05) is 44.2 Å². The number of amides is 1. The third-order valence-corrected chi connectivity index (χ3v) is 6.31. The zero-order valence-corrected chi connectivity index (χ0v) is 14.7. The van der Waals surface area contributed by atoms with Gasteiger partial charge < -0.3 is 5.32 Å². The molecule has 0 radical (unpaired) electrons. The van der Waals surface area contributed by atoms with Crippen LogP contribution in [-0.2, 0) is 14.8 Å². The van der Waals surface area contributed by atoms with Gasteiger partial charge in [-0.15, -0.1) is 0 Å². The summed E-state index contributed by atoms with van der Waals surface area (Å²) in [6.07, 6.45) is 2.08. The standard InChI is InChI=1S/C17H26N2O3S/c1-3-12-23(21,22)19-11-7-10-16(13-19)17(20)18-14(2)15-8-5-4-6-9-15/h4-6,8-9,14,16H,3,7,10-13H2,1-2H3,(H,18,20). The largest absolute Gasteiger partial charge is 0.349 e. The zero-order valence-electron chi connectivity index (χ0n) is 13.9. The second-order valence-corrected chi connectivity index (χ2v) is 8.24. The van der Waals surface area contributed by atoms with Crippen LogP contribution in [-0.4, -0.2) is 37.5 Å². The summed E-state index contributed by atoms with van der Waals surface area (Å²) in [6.45, 7) is 4.63. The molecule has 2 rings (SSSR count). The number of carbonyl (C=O) groups is 1. The molecule has 1 aromatic carbocycles. The molecule has 23 heavy (non-hydrogen) atoms. The fourth-order valence-electron chi connectivity index (χ4n) is 2.95. The summed E-state index contributed by atoms with van der Waals surface area (Å²) in [4.78, 5) is 12.5. The van der Waals surface area contributed by atoms with Crippen LogP contribution in [0, 0.1) is 5.92 Å². The highest BCUT2D eigenvalue weighted by atomic mass is 32.2. The molecule has 0 saturated carbocycles. The Balaban J connectivity index is 1.97. The van der Waals surface area contributed by atoms with Gasteiger partial charge in [0, 0.05) is 13.1 Å². The summed E-state index contributed by atoms with van der Waals surface area (Å²) >= 11 is 0. The highest BCUT2D eigenvalue weighted by Crippen LogP contribution is 2.21. The summed E-state index contributed by atoms with van der Waals surface area (Å²) in [7, 11) is -3.23. The fraction of sp³-hybridized carbons (Fsp3) is 0.588. The van der Waals surface area contributed by atoms with Gasteiger partial charge >= 0.3 is 0 Å². The molecule has 5 nitrogen and oxygen atoms in total. The van der Waals surface area contributed by atoms with Crippen LogP contribution >= 0.6 is 0 Å². The van der Waals surface area contributed by atoms with E-state index in [1.165, 1.54) is 4.31 Å². The maximum Gasteiger partial charge on any atom is 0.224 e. The minimum atomic E-state index is -3.23. The molecule has 1 N–H and O–H groups in total. The lowest BCUT2D eigenvalue weighted by Gasteiger charge is -2.31. The maximum absolute atomic E-state index is 12.5. The van der Waals surface area contributed by atoms with Crippen LogP contribution in [0.2, 0.25) is 0 Å². The Bertz CT molecular complexity index is 616. The highest BCUT2D eigenvalue weighted by molar-refractivity contribution is 7.89. The Kier molecular flexibility index (Phi) is 6.18. The summed E-state index contributed by atoms with van der Waals surface area (Å²) in [6, 6.07) is 9.70. The smallest absolute Gasteiger partial charge is 0.224 e. The minimum absolute atomic E-state index is 0.0576. The Labute approximate surface area is 139 Å². The van der Waals surface area contributed by atoms with Crippen molar-refractivity contribution < 1.29 is 13.2 Å². The second kappa shape index (κ2) is 7.93. The van der Waals surface area contributed by atoms with Gasteiger partial charge in [-0.05, 0) is 31.7 Å². The first kappa shape index (κ1) is 17.9. The first-order valence-corrected chi connectivity index (χ1v) is 9.88. The first-order valence-electron chi connectivity index (χ1n) is 8.27. The molecule has 1 saturated heterocycles. The predicted octanol–water partition coefficient (Wildman–Crippen LogP) is 2.32. The normalized spacial score (nSPS) is 20.9. The lowest BCUT2D eigenvalue weighted by atomic mass is 9.98. The summed E-state index contributed by atoms with van der Waals surface area (Å²) in [5.41, 5.74) is 1.05. The lowest BCUT2D eigenvalue weighted by molar-refractivity contribution is -0.126. The highest BCUT2D eigenvalue weighted by Gasteiger charge is 2.32. The molecule has 1 heterocycles. The van der Waals surface area contributed by atoms with Gasteiger partial charge in [-0.2, -0.15) is 0 Å².